The van der Waals surface area contributed by atoms with Crippen LogP contribution in [-0.4, -0.2) is 41.4 Å². The van der Waals surface area contributed by atoms with Crippen LogP contribution >= 0.6 is 24.0 Å². The molecule has 0 spiro atoms. The average molecular weight is 296 g/mol. The predicted molar refractivity (Wildman–Crippen MR) is 80.9 cm³/mol. The summed E-state index contributed by atoms with van der Waals surface area (Å²) in [7, 11) is 0. The molecule has 0 aromatic heterocycles. The molecule has 0 atom stereocenters. The van der Waals surface area contributed by atoms with E-state index in [-0.39, 0.29) is 0 Å². The fourth-order valence-electron chi connectivity index (χ4n) is 2.11. The molecule has 1 saturated heterocycles. The number of fused-ring (bicyclic) bond motifs is 1. The smallest absolute Gasteiger partial charge is 0.231 e. The lowest BCUT2D eigenvalue weighted by atomic mass is 10.2. The molecule has 1 fully saturated rings. The molecule has 1 aromatic carbocycles. The summed E-state index contributed by atoms with van der Waals surface area (Å²) in [6.45, 7) is 3.12. The minimum absolute atomic E-state index is 0.316. The average Bonchev–Trinajstić information content (AvgIpc) is 2.93. The van der Waals surface area contributed by atoms with Crippen LogP contribution in [0.1, 0.15) is 5.56 Å². The van der Waals surface area contributed by atoms with Crippen molar-refractivity contribution in [3.8, 4) is 11.5 Å². The SMILES string of the molecule is S=C(NCc1ccc2c(c1)OCO2)N1CCSCC1. The highest BCUT2D eigenvalue weighted by molar-refractivity contribution is 7.99. The number of thioether (sulfide) groups is 1. The van der Waals surface area contributed by atoms with Crippen LogP contribution in [0.4, 0.5) is 0 Å². The van der Waals surface area contributed by atoms with Gasteiger partial charge in [-0.2, -0.15) is 11.8 Å². The molecule has 102 valence electrons. The summed E-state index contributed by atoms with van der Waals surface area (Å²) in [5.41, 5.74) is 1.15. The molecule has 0 aliphatic carbocycles. The van der Waals surface area contributed by atoms with E-state index in [0.29, 0.717) is 6.79 Å². The van der Waals surface area contributed by atoms with Gasteiger partial charge in [-0.05, 0) is 29.9 Å². The van der Waals surface area contributed by atoms with E-state index in [2.05, 4.69) is 10.2 Å². The quantitative estimate of drug-likeness (QED) is 0.839. The lowest BCUT2D eigenvalue weighted by Gasteiger charge is -2.29. The van der Waals surface area contributed by atoms with E-state index >= 15 is 0 Å². The van der Waals surface area contributed by atoms with Crippen molar-refractivity contribution in [2.75, 3.05) is 31.4 Å². The van der Waals surface area contributed by atoms with Gasteiger partial charge in [-0.15, -0.1) is 0 Å². The standard InChI is InChI=1S/C13H16N2O2S2/c18-13(15-3-5-19-6-4-15)14-8-10-1-2-11-12(7-10)17-9-16-11/h1-2,7H,3-6,8-9H2,(H,14,18). The molecule has 2 aliphatic rings. The van der Waals surface area contributed by atoms with E-state index in [4.69, 9.17) is 21.7 Å². The molecule has 6 heteroatoms. The number of nitrogens with zero attached hydrogens (tertiary/aromatic N) is 1. The van der Waals surface area contributed by atoms with Crippen molar-refractivity contribution in [2.45, 2.75) is 6.54 Å². The highest BCUT2D eigenvalue weighted by Gasteiger charge is 2.15. The Bertz CT molecular complexity index is 476. The summed E-state index contributed by atoms with van der Waals surface area (Å²) in [6.07, 6.45) is 0. The molecule has 4 nitrogen and oxygen atoms in total. The van der Waals surface area contributed by atoms with E-state index in [9.17, 15) is 0 Å². The van der Waals surface area contributed by atoms with Crippen LogP contribution in [0.5, 0.6) is 11.5 Å². The van der Waals surface area contributed by atoms with Crippen LogP contribution in [0.15, 0.2) is 18.2 Å². The highest BCUT2D eigenvalue weighted by Crippen LogP contribution is 2.32. The van der Waals surface area contributed by atoms with Gasteiger partial charge in [-0.3, -0.25) is 0 Å². The Hall–Kier alpha value is -1.14. The van der Waals surface area contributed by atoms with Crippen LogP contribution in [-0.2, 0) is 6.54 Å². The van der Waals surface area contributed by atoms with Gasteiger partial charge in [0.2, 0.25) is 6.79 Å². The zero-order chi connectivity index (χ0) is 13.1. The second-order valence-electron chi connectivity index (χ2n) is 4.45. The van der Waals surface area contributed by atoms with Gasteiger partial charge in [-0.1, -0.05) is 6.07 Å². The summed E-state index contributed by atoms with van der Waals surface area (Å²) in [5.74, 6) is 3.96. The van der Waals surface area contributed by atoms with Gasteiger partial charge >= 0.3 is 0 Å². The zero-order valence-electron chi connectivity index (χ0n) is 10.6. The third-order valence-corrected chi connectivity index (χ3v) is 4.52. The molecule has 0 radical (unpaired) electrons. The van der Waals surface area contributed by atoms with Gasteiger partial charge in [0.1, 0.15) is 0 Å². The maximum Gasteiger partial charge on any atom is 0.231 e. The highest BCUT2D eigenvalue weighted by atomic mass is 32.2. The maximum absolute atomic E-state index is 5.42. The Kier molecular flexibility index (Phi) is 3.98. The van der Waals surface area contributed by atoms with E-state index in [1.54, 1.807) is 0 Å². The molecule has 0 saturated carbocycles. The monoisotopic (exact) mass is 296 g/mol. The van der Waals surface area contributed by atoms with Crippen molar-refractivity contribution in [1.29, 1.82) is 0 Å². The largest absolute Gasteiger partial charge is 0.454 e. The summed E-state index contributed by atoms with van der Waals surface area (Å²) in [6, 6.07) is 5.99. The van der Waals surface area contributed by atoms with Crippen LogP contribution in [0.2, 0.25) is 0 Å². The van der Waals surface area contributed by atoms with Gasteiger partial charge < -0.3 is 19.7 Å². The van der Waals surface area contributed by atoms with Crippen LogP contribution < -0.4 is 14.8 Å². The Morgan fingerprint density at radius 2 is 2.05 bits per heavy atom. The van der Waals surface area contributed by atoms with Gasteiger partial charge in [0.25, 0.3) is 0 Å². The maximum atomic E-state index is 5.42. The van der Waals surface area contributed by atoms with Crippen molar-refractivity contribution in [3.63, 3.8) is 0 Å². The Morgan fingerprint density at radius 1 is 1.26 bits per heavy atom. The Morgan fingerprint density at radius 3 is 2.89 bits per heavy atom. The number of rotatable bonds is 2. The van der Waals surface area contributed by atoms with Gasteiger partial charge in [0.05, 0.1) is 0 Å². The normalized spacial score (nSPS) is 17.4. The number of ether oxygens (including phenoxy) is 2. The minimum Gasteiger partial charge on any atom is -0.454 e. The second kappa shape index (κ2) is 5.88. The second-order valence-corrected chi connectivity index (χ2v) is 6.06. The first-order valence-corrected chi connectivity index (χ1v) is 7.88. The molecule has 1 aromatic rings. The molecule has 2 aliphatic heterocycles. The minimum atomic E-state index is 0.316. The van der Waals surface area contributed by atoms with Crippen molar-refractivity contribution >= 4 is 29.1 Å². The third kappa shape index (κ3) is 3.06. The number of hydrogen-bond acceptors (Lipinski definition) is 4. The lowest BCUT2D eigenvalue weighted by Crippen LogP contribution is -2.43. The Balaban J connectivity index is 1.55. The Labute approximate surface area is 122 Å². The number of thiocarbonyl (C=S) groups is 1. The molecule has 0 unspecified atom stereocenters. The fourth-order valence-corrected chi connectivity index (χ4v) is 3.26. The molecule has 0 bridgehead atoms. The van der Waals surface area contributed by atoms with Crippen molar-refractivity contribution in [2.24, 2.45) is 0 Å². The first-order valence-electron chi connectivity index (χ1n) is 6.32. The molecular formula is C13H16N2O2S2. The van der Waals surface area contributed by atoms with E-state index in [1.807, 2.05) is 30.0 Å². The molecule has 19 heavy (non-hydrogen) atoms. The van der Waals surface area contributed by atoms with Gasteiger partial charge in [0, 0.05) is 31.1 Å². The van der Waals surface area contributed by atoms with Crippen molar-refractivity contribution in [3.05, 3.63) is 23.8 Å². The topological polar surface area (TPSA) is 33.7 Å². The number of nitrogens with one attached hydrogen (secondary N) is 1. The van der Waals surface area contributed by atoms with Crippen LogP contribution in [0.3, 0.4) is 0 Å². The number of hydrogen-bond donors (Lipinski definition) is 1. The van der Waals surface area contributed by atoms with Crippen LogP contribution in [0, 0.1) is 0 Å². The number of benzene rings is 1. The van der Waals surface area contributed by atoms with Crippen molar-refractivity contribution < 1.29 is 9.47 Å². The molecule has 0 amide bonds. The summed E-state index contributed by atoms with van der Waals surface area (Å²) < 4.78 is 10.7. The van der Waals surface area contributed by atoms with Crippen LogP contribution in [0.25, 0.3) is 0 Å². The van der Waals surface area contributed by atoms with Gasteiger partial charge in [0.15, 0.2) is 16.6 Å². The molecular weight excluding hydrogens is 280 g/mol. The summed E-state index contributed by atoms with van der Waals surface area (Å²) in [5, 5.41) is 4.16. The van der Waals surface area contributed by atoms with Crippen molar-refractivity contribution in [1.82, 2.24) is 10.2 Å². The van der Waals surface area contributed by atoms with E-state index < -0.39 is 0 Å². The van der Waals surface area contributed by atoms with E-state index in [1.165, 1.54) is 0 Å². The summed E-state index contributed by atoms with van der Waals surface area (Å²) >= 11 is 7.41. The lowest BCUT2D eigenvalue weighted by molar-refractivity contribution is 0.174. The first kappa shape index (κ1) is 12.9. The van der Waals surface area contributed by atoms with E-state index in [0.717, 1.165) is 53.3 Å². The molecule has 2 heterocycles. The summed E-state index contributed by atoms with van der Waals surface area (Å²) in [4.78, 5) is 2.23. The molecule has 1 N–H and O–H groups in total. The third-order valence-electron chi connectivity index (χ3n) is 3.18. The first-order chi connectivity index (χ1) is 9.33. The fraction of sp³-hybridized carbons (Fsp3) is 0.462. The zero-order valence-corrected chi connectivity index (χ0v) is 12.2. The molecule has 3 rings (SSSR count). The van der Waals surface area contributed by atoms with Gasteiger partial charge in [-0.25, -0.2) is 0 Å². The predicted octanol–water partition coefficient (Wildman–Crippen LogP) is 1.84.